The van der Waals surface area contributed by atoms with Gasteiger partial charge in [-0.15, -0.1) is 24.0 Å². The second-order valence-electron chi connectivity index (χ2n) is 4.62. The van der Waals surface area contributed by atoms with Crippen LogP contribution in [-0.4, -0.2) is 23.5 Å². The molecule has 22 heavy (non-hydrogen) atoms. The first-order valence-electron chi connectivity index (χ1n) is 6.57. The maximum Gasteiger partial charge on any atom is 0.314 e. The number of esters is 1. The molecule has 4 nitrogen and oxygen atoms in total. The average Bonchev–Trinajstić information content (AvgIpc) is 3.01. The summed E-state index contributed by atoms with van der Waals surface area (Å²) in [4.78, 5) is 36.1. The van der Waals surface area contributed by atoms with Crippen molar-refractivity contribution in [1.29, 1.82) is 0 Å². The number of hydrogen-bond acceptors (Lipinski definition) is 5. The number of ether oxygens (including phenoxy) is 1. The SMILES string of the molecule is CC(C(=O)OCC(=O)S)c1ccc(C(=O)c2ccccc2)s1. The molecular formula is C16H14O4S2. The lowest BCUT2D eigenvalue weighted by molar-refractivity contribution is -0.147. The Labute approximate surface area is 137 Å². The molecule has 1 unspecified atom stereocenters. The molecule has 0 bridgehead atoms. The maximum atomic E-state index is 12.3. The third-order valence-electron chi connectivity index (χ3n) is 3.00. The molecule has 6 heteroatoms. The zero-order valence-corrected chi connectivity index (χ0v) is 13.5. The molecule has 1 heterocycles. The minimum atomic E-state index is -0.532. The van der Waals surface area contributed by atoms with Crippen LogP contribution in [0.25, 0.3) is 0 Å². The molecule has 0 saturated carbocycles. The zero-order chi connectivity index (χ0) is 16.1. The van der Waals surface area contributed by atoms with Gasteiger partial charge in [0.1, 0.15) is 0 Å². The van der Waals surface area contributed by atoms with Crippen molar-refractivity contribution in [3.8, 4) is 0 Å². The Morgan fingerprint density at radius 1 is 1.14 bits per heavy atom. The summed E-state index contributed by atoms with van der Waals surface area (Å²) in [6.45, 7) is 1.32. The molecule has 0 N–H and O–H groups in total. The number of carbonyl (C=O) groups is 3. The van der Waals surface area contributed by atoms with Crippen LogP contribution in [0, 0.1) is 0 Å². The van der Waals surface area contributed by atoms with Crippen molar-refractivity contribution in [1.82, 2.24) is 0 Å². The van der Waals surface area contributed by atoms with Crippen molar-refractivity contribution in [3.63, 3.8) is 0 Å². The number of thiol groups is 1. The van der Waals surface area contributed by atoms with Crippen molar-refractivity contribution in [3.05, 3.63) is 57.8 Å². The van der Waals surface area contributed by atoms with Crippen LogP contribution in [0.15, 0.2) is 42.5 Å². The second kappa shape index (κ2) is 7.38. The maximum absolute atomic E-state index is 12.3. The highest BCUT2D eigenvalue weighted by molar-refractivity contribution is 7.96. The summed E-state index contributed by atoms with van der Waals surface area (Å²) in [5.74, 6) is -1.12. The van der Waals surface area contributed by atoms with Gasteiger partial charge in [-0.05, 0) is 19.1 Å². The molecule has 1 aromatic heterocycles. The molecule has 1 aromatic carbocycles. The van der Waals surface area contributed by atoms with Gasteiger partial charge in [-0.1, -0.05) is 30.3 Å². The lowest BCUT2D eigenvalue weighted by Crippen LogP contribution is -2.15. The fraction of sp³-hybridized carbons (Fsp3) is 0.188. The highest BCUT2D eigenvalue weighted by Crippen LogP contribution is 2.27. The fourth-order valence-corrected chi connectivity index (χ4v) is 2.89. The number of carbonyl (C=O) groups excluding carboxylic acids is 3. The van der Waals surface area contributed by atoms with Gasteiger partial charge in [-0.3, -0.25) is 14.4 Å². The van der Waals surface area contributed by atoms with Crippen molar-refractivity contribution in [2.24, 2.45) is 0 Å². The normalized spacial score (nSPS) is 11.7. The Hall–Kier alpha value is -1.92. The third-order valence-corrected chi connectivity index (χ3v) is 4.40. The van der Waals surface area contributed by atoms with E-state index in [1.54, 1.807) is 43.3 Å². The molecular weight excluding hydrogens is 320 g/mol. The van der Waals surface area contributed by atoms with Crippen molar-refractivity contribution in [2.75, 3.05) is 6.61 Å². The van der Waals surface area contributed by atoms with Crippen LogP contribution in [0.2, 0.25) is 0 Å². The molecule has 0 aliphatic carbocycles. The molecule has 0 aliphatic heterocycles. The van der Waals surface area contributed by atoms with E-state index in [0.29, 0.717) is 10.4 Å². The number of thiophene rings is 1. The number of benzene rings is 1. The van der Waals surface area contributed by atoms with E-state index >= 15 is 0 Å². The smallest absolute Gasteiger partial charge is 0.314 e. The number of ketones is 1. The van der Waals surface area contributed by atoms with Gasteiger partial charge < -0.3 is 4.74 Å². The van der Waals surface area contributed by atoms with Crippen LogP contribution in [0.4, 0.5) is 0 Å². The minimum absolute atomic E-state index is 0.0806. The molecule has 0 radical (unpaired) electrons. The second-order valence-corrected chi connectivity index (χ2v) is 6.23. The van der Waals surface area contributed by atoms with Crippen molar-refractivity contribution in [2.45, 2.75) is 12.8 Å². The molecule has 2 aromatic rings. The summed E-state index contributed by atoms with van der Waals surface area (Å²) < 4.78 is 4.83. The summed E-state index contributed by atoms with van der Waals surface area (Å²) in [5.41, 5.74) is 0.604. The Kier molecular flexibility index (Phi) is 5.51. The first kappa shape index (κ1) is 16.5. The van der Waals surface area contributed by atoms with E-state index in [-0.39, 0.29) is 12.4 Å². The lowest BCUT2D eigenvalue weighted by atomic mass is 10.1. The molecule has 0 saturated heterocycles. The standard InChI is InChI=1S/C16H14O4S2/c1-10(16(19)20-9-14(17)21)12-7-8-13(22-12)15(18)11-5-3-2-4-6-11/h2-8,10H,9H2,1H3,(H,17,21). The predicted octanol–water partition coefficient (Wildman–Crippen LogP) is 3.08. The van der Waals surface area contributed by atoms with E-state index in [2.05, 4.69) is 12.6 Å². The number of rotatable bonds is 6. The van der Waals surface area contributed by atoms with Gasteiger partial charge in [0.05, 0.1) is 10.8 Å². The Balaban J connectivity index is 2.09. The lowest BCUT2D eigenvalue weighted by Gasteiger charge is -2.08. The van der Waals surface area contributed by atoms with E-state index in [4.69, 9.17) is 4.74 Å². The van der Waals surface area contributed by atoms with Crippen molar-refractivity contribution >= 4 is 40.8 Å². The molecule has 114 valence electrons. The Morgan fingerprint density at radius 2 is 1.82 bits per heavy atom. The summed E-state index contributed by atoms with van der Waals surface area (Å²) in [7, 11) is 0. The largest absolute Gasteiger partial charge is 0.456 e. The van der Waals surface area contributed by atoms with E-state index in [9.17, 15) is 14.4 Å². The van der Waals surface area contributed by atoms with Gasteiger partial charge in [-0.25, -0.2) is 0 Å². The van der Waals surface area contributed by atoms with Crippen LogP contribution in [-0.2, 0) is 14.3 Å². The zero-order valence-electron chi connectivity index (χ0n) is 11.8. The summed E-state index contributed by atoms with van der Waals surface area (Å²) in [5, 5.41) is -0.508. The molecule has 0 spiro atoms. The van der Waals surface area contributed by atoms with Crippen LogP contribution < -0.4 is 0 Å². The topological polar surface area (TPSA) is 60.4 Å². The van der Waals surface area contributed by atoms with Crippen molar-refractivity contribution < 1.29 is 19.1 Å². The molecule has 0 aliphatic rings. The van der Waals surface area contributed by atoms with Crippen LogP contribution in [0.3, 0.4) is 0 Å². The van der Waals surface area contributed by atoms with E-state index in [0.717, 1.165) is 4.88 Å². The van der Waals surface area contributed by atoms with Gasteiger partial charge in [0, 0.05) is 10.4 Å². The highest BCUT2D eigenvalue weighted by Gasteiger charge is 2.21. The third kappa shape index (κ3) is 4.05. The average molecular weight is 334 g/mol. The Morgan fingerprint density at radius 3 is 2.45 bits per heavy atom. The first-order valence-corrected chi connectivity index (χ1v) is 7.83. The van der Waals surface area contributed by atoms with Crippen LogP contribution >= 0.6 is 24.0 Å². The molecule has 0 amide bonds. The Bertz CT molecular complexity index is 691. The molecule has 2 rings (SSSR count). The predicted molar refractivity (Wildman–Crippen MR) is 87.6 cm³/mol. The van der Waals surface area contributed by atoms with Crippen LogP contribution in [0.1, 0.15) is 33.0 Å². The quantitative estimate of drug-likeness (QED) is 0.501. The van der Waals surface area contributed by atoms with Gasteiger partial charge >= 0.3 is 5.97 Å². The van der Waals surface area contributed by atoms with Gasteiger partial charge in [-0.2, -0.15) is 0 Å². The summed E-state index contributed by atoms with van der Waals surface area (Å²) >= 11 is 4.79. The van der Waals surface area contributed by atoms with E-state index < -0.39 is 17.0 Å². The van der Waals surface area contributed by atoms with Gasteiger partial charge in [0.15, 0.2) is 6.61 Å². The van der Waals surface area contributed by atoms with E-state index in [1.807, 2.05) is 6.07 Å². The summed E-state index contributed by atoms with van der Waals surface area (Å²) in [6, 6.07) is 12.4. The summed E-state index contributed by atoms with van der Waals surface area (Å²) in [6.07, 6.45) is 0. The fourth-order valence-electron chi connectivity index (χ4n) is 1.81. The van der Waals surface area contributed by atoms with Gasteiger partial charge in [0.25, 0.3) is 0 Å². The number of hydrogen-bond donors (Lipinski definition) is 1. The first-order chi connectivity index (χ1) is 10.5. The van der Waals surface area contributed by atoms with Crippen LogP contribution in [0.5, 0.6) is 0 Å². The van der Waals surface area contributed by atoms with E-state index in [1.165, 1.54) is 11.3 Å². The minimum Gasteiger partial charge on any atom is -0.456 e. The molecule has 0 fully saturated rings. The highest BCUT2D eigenvalue weighted by atomic mass is 32.1. The van der Waals surface area contributed by atoms with Gasteiger partial charge in [0.2, 0.25) is 10.9 Å². The monoisotopic (exact) mass is 334 g/mol. The molecule has 1 atom stereocenters.